The molecule has 1 aromatic heterocycles. The van der Waals surface area contributed by atoms with Crippen molar-refractivity contribution in [2.24, 2.45) is 5.84 Å². The lowest BCUT2D eigenvalue weighted by molar-refractivity contribution is 0.403. The molecule has 0 bridgehead atoms. The molecule has 5 heteroatoms. The third-order valence-electron chi connectivity index (χ3n) is 3.62. The van der Waals surface area contributed by atoms with Gasteiger partial charge < -0.3 is 4.74 Å². The van der Waals surface area contributed by atoms with E-state index in [0.29, 0.717) is 0 Å². The summed E-state index contributed by atoms with van der Waals surface area (Å²) < 4.78 is 5.55. The number of aromatic nitrogens is 2. The fourth-order valence-corrected chi connectivity index (χ4v) is 2.67. The van der Waals surface area contributed by atoms with Gasteiger partial charge in [0.2, 0.25) is 0 Å². The summed E-state index contributed by atoms with van der Waals surface area (Å²) in [7, 11) is 1.67. The summed E-state index contributed by atoms with van der Waals surface area (Å²) in [6, 6.07) is 5.96. The van der Waals surface area contributed by atoms with Crippen LogP contribution < -0.4 is 16.0 Å². The fourth-order valence-electron chi connectivity index (χ4n) is 2.67. The van der Waals surface area contributed by atoms with Crippen molar-refractivity contribution >= 4 is 0 Å². The number of rotatable bonds is 4. The standard InChI is InChI=1S/C16H22N4O/c1-9-6-10(2)15(14(7-9)21-5)16(18-17)13-8-11(3)19-20-12(13)4/h6-8,16,18H,17H2,1-5H3. The summed E-state index contributed by atoms with van der Waals surface area (Å²) in [5.74, 6) is 6.66. The molecule has 0 aliphatic heterocycles. The van der Waals surface area contributed by atoms with E-state index in [1.165, 1.54) is 0 Å². The molecule has 0 saturated carbocycles. The molecule has 0 fully saturated rings. The van der Waals surface area contributed by atoms with Gasteiger partial charge in [0.15, 0.2) is 0 Å². The molecule has 112 valence electrons. The van der Waals surface area contributed by atoms with Crippen LogP contribution >= 0.6 is 0 Å². The summed E-state index contributed by atoms with van der Waals surface area (Å²) in [4.78, 5) is 0. The van der Waals surface area contributed by atoms with E-state index in [4.69, 9.17) is 10.6 Å². The number of hydrogen-bond donors (Lipinski definition) is 2. The van der Waals surface area contributed by atoms with E-state index in [0.717, 1.165) is 39.4 Å². The Bertz CT molecular complexity index is 655. The molecule has 1 unspecified atom stereocenters. The predicted molar refractivity (Wildman–Crippen MR) is 83.1 cm³/mol. The van der Waals surface area contributed by atoms with Gasteiger partial charge in [-0.05, 0) is 56.5 Å². The van der Waals surface area contributed by atoms with Gasteiger partial charge in [0.25, 0.3) is 0 Å². The average Bonchev–Trinajstić information content (AvgIpc) is 2.44. The number of nitrogens with two attached hydrogens (primary N) is 1. The second-order valence-electron chi connectivity index (χ2n) is 5.32. The Kier molecular flexibility index (Phi) is 4.55. The minimum absolute atomic E-state index is 0.185. The second-order valence-corrected chi connectivity index (χ2v) is 5.32. The Morgan fingerprint density at radius 1 is 1.10 bits per heavy atom. The van der Waals surface area contributed by atoms with Crippen molar-refractivity contribution in [3.8, 4) is 5.75 Å². The van der Waals surface area contributed by atoms with E-state index in [2.05, 4.69) is 28.6 Å². The quantitative estimate of drug-likeness (QED) is 0.666. The maximum atomic E-state index is 5.83. The van der Waals surface area contributed by atoms with Crippen LogP contribution in [0.2, 0.25) is 0 Å². The van der Waals surface area contributed by atoms with Crippen LogP contribution in [0.3, 0.4) is 0 Å². The maximum absolute atomic E-state index is 5.83. The maximum Gasteiger partial charge on any atom is 0.124 e. The van der Waals surface area contributed by atoms with Gasteiger partial charge in [-0.25, -0.2) is 5.43 Å². The van der Waals surface area contributed by atoms with Crippen LogP contribution in [0.15, 0.2) is 18.2 Å². The molecule has 0 spiro atoms. The lowest BCUT2D eigenvalue weighted by Crippen LogP contribution is -2.30. The van der Waals surface area contributed by atoms with Crippen LogP contribution in [0.1, 0.15) is 39.7 Å². The van der Waals surface area contributed by atoms with Crippen molar-refractivity contribution in [2.75, 3.05) is 7.11 Å². The summed E-state index contributed by atoms with van der Waals surface area (Å²) in [6.45, 7) is 7.96. The number of hydrazine groups is 1. The molecule has 1 heterocycles. The Balaban J connectivity index is 2.64. The molecule has 5 nitrogen and oxygen atoms in total. The molecule has 1 atom stereocenters. The van der Waals surface area contributed by atoms with Gasteiger partial charge in [-0.2, -0.15) is 10.2 Å². The number of aryl methyl sites for hydroxylation is 4. The number of nitrogens with one attached hydrogen (secondary N) is 1. The fraction of sp³-hybridized carbons (Fsp3) is 0.375. The molecule has 1 aromatic carbocycles. The van der Waals surface area contributed by atoms with E-state index >= 15 is 0 Å². The first kappa shape index (κ1) is 15.4. The molecule has 2 aromatic rings. The monoisotopic (exact) mass is 286 g/mol. The molecule has 2 rings (SSSR count). The Hall–Kier alpha value is -1.98. The topological polar surface area (TPSA) is 73.1 Å². The third-order valence-corrected chi connectivity index (χ3v) is 3.62. The van der Waals surface area contributed by atoms with Gasteiger partial charge in [-0.15, -0.1) is 0 Å². The minimum Gasteiger partial charge on any atom is -0.496 e. The number of nitrogens with zero attached hydrogens (tertiary/aromatic N) is 2. The molecule has 3 N–H and O–H groups in total. The first-order chi connectivity index (χ1) is 9.97. The zero-order valence-corrected chi connectivity index (χ0v) is 13.2. The molecule has 0 amide bonds. The molecule has 0 saturated heterocycles. The number of methoxy groups -OCH3 is 1. The van der Waals surface area contributed by atoms with E-state index < -0.39 is 0 Å². The molecular weight excluding hydrogens is 264 g/mol. The third kappa shape index (κ3) is 3.04. The van der Waals surface area contributed by atoms with Gasteiger partial charge >= 0.3 is 0 Å². The number of benzene rings is 1. The lowest BCUT2D eigenvalue weighted by Gasteiger charge is -2.23. The minimum atomic E-state index is -0.185. The molecule has 21 heavy (non-hydrogen) atoms. The van der Waals surface area contributed by atoms with Crippen molar-refractivity contribution in [1.82, 2.24) is 15.6 Å². The van der Waals surface area contributed by atoms with E-state index in [-0.39, 0.29) is 6.04 Å². The largest absolute Gasteiger partial charge is 0.496 e. The van der Waals surface area contributed by atoms with Crippen LogP contribution in [0.5, 0.6) is 5.75 Å². The normalized spacial score (nSPS) is 12.3. The van der Waals surface area contributed by atoms with E-state index in [9.17, 15) is 0 Å². The van der Waals surface area contributed by atoms with Gasteiger partial charge in [0, 0.05) is 5.56 Å². The average molecular weight is 286 g/mol. The van der Waals surface area contributed by atoms with Crippen molar-refractivity contribution < 1.29 is 4.74 Å². The zero-order chi connectivity index (χ0) is 15.6. The van der Waals surface area contributed by atoms with Gasteiger partial charge in [-0.1, -0.05) is 6.07 Å². The van der Waals surface area contributed by atoms with E-state index in [1.807, 2.05) is 32.9 Å². The highest BCUT2D eigenvalue weighted by Crippen LogP contribution is 2.34. The number of hydrogen-bond acceptors (Lipinski definition) is 5. The highest BCUT2D eigenvalue weighted by Gasteiger charge is 2.22. The summed E-state index contributed by atoms with van der Waals surface area (Å²) in [5.41, 5.74) is 8.93. The smallest absolute Gasteiger partial charge is 0.124 e. The zero-order valence-electron chi connectivity index (χ0n) is 13.2. The van der Waals surface area contributed by atoms with Crippen LogP contribution in [0.25, 0.3) is 0 Å². The molecule has 0 aliphatic rings. The van der Waals surface area contributed by atoms with Crippen molar-refractivity contribution in [3.05, 3.63) is 51.8 Å². The van der Waals surface area contributed by atoms with Gasteiger partial charge in [0.1, 0.15) is 5.75 Å². The molecule has 0 radical (unpaired) electrons. The Labute approximate surface area is 125 Å². The van der Waals surface area contributed by atoms with Gasteiger partial charge in [-0.3, -0.25) is 5.84 Å². The lowest BCUT2D eigenvalue weighted by atomic mass is 9.92. The molecular formula is C16H22N4O. The van der Waals surface area contributed by atoms with Crippen LogP contribution in [-0.4, -0.2) is 17.3 Å². The van der Waals surface area contributed by atoms with Gasteiger partial charge in [0.05, 0.1) is 24.5 Å². The summed E-state index contributed by atoms with van der Waals surface area (Å²) in [6.07, 6.45) is 0. The first-order valence-electron chi connectivity index (χ1n) is 6.90. The number of ether oxygens (including phenoxy) is 1. The molecule has 0 aliphatic carbocycles. The Morgan fingerprint density at radius 3 is 2.43 bits per heavy atom. The van der Waals surface area contributed by atoms with Crippen molar-refractivity contribution in [1.29, 1.82) is 0 Å². The SMILES string of the molecule is COc1cc(C)cc(C)c1C(NN)c1cc(C)nnc1C. The summed E-state index contributed by atoms with van der Waals surface area (Å²) >= 11 is 0. The summed E-state index contributed by atoms with van der Waals surface area (Å²) in [5, 5.41) is 8.27. The van der Waals surface area contributed by atoms with Crippen LogP contribution in [-0.2, 0) is 0 Å². The highest BCUT2D eigenvalue weighted by atomic mass is 16.5. The second kappa shape index (κ2) is 6.20. The van der Waals surface area contributed by atoms with E-state index in [1.54, 1.807) is 7.11 Å². The Morgan fingerprint density at radius 2 is 1.81 bits per heavy atom. The predicted octanol–water partition coefficient (Wildman–Crippen LogP) is 2.27. The van der Waals surface area contributed by atoms with Crippen LogP contribution in [0.4, 0.5) is 0 Å². The highest BCUT2D eigenvalue weighted by molar-refractivity contribution is 5.49. The van der Waals surface area contributed by atoms with Crippen molar-refractivity contribution in [2.45, 2.75) is 33.7 Å². The van der Waals surface area contributed by atoms with Crippen molar-refractivity contribution in [3.63, 3.8) is 0 Å². The first-order valence-corrected chi connectivity index (χ1v) is 6.90. The van der Waals surface area contributed by atoms with Crippen LogP contribution in [0, 0.1) is 27.7 Å².